The Morgan fingerprint density at radius 3 is 3.25 bits per heavy atom. The second kappa shape index (κ2) is 5.09. The summed E-state index contributed by atoms with van der Waals surface area (Å²) in [5.74, 6) is 1.74. The Morgan fingerprint density at radius 1 is 1.62 bits per heavy atom. The van der Waals surface area contributed by atoms with Gasteiger partial charge in [-0.2, -0.15) is 0 Å². The number of anilines is 2. The first kappa shape index (κ1) is 11.1. The van der Waals surface area contributed by atoms with Crippen molar-refractivity contribution in [2.75, 3.05) is 43.5 Å². The minimum atomic E-state index is 0.0988. The Labute approximate surface area is 94.8 Å². The lowest BCUT2D eigenvalue weighted by atomic mass is 10.2. The van der Waals surface area contributed by atoms with Crippen LogP contribution >= 0.6 is 0 Å². The molecule has 0 aromatic carbocycles. The Hall–Kier alpha value is -1.40. The molecule has 0 spiro atoms. The van der Waals surface area contributed by atoms with Crippen LogP contribution in [0.3, 0.4) is 0 Å². The zero-order valence-electron chi connectivity index (χ0n) is 9.39. The van der Waals surface area contributed by atoms with Gasteiger partial charge in [-0.05, 0) is 0 Å². The summed E-state index contributed by atoms with van der Waals surface area (Å²) in [7, 11) is 1.84. The van der Waals surface area contributed by atoms with Crippen LogP contribution in [0.25, 0.3) is 0 Å². The quantitative estimate of drug-likeness (QED) is 0.731. The van der Waals surface area contributed by atoms with E-state index in [1.165, 1.54) is 0 Å². The minimum absolute atomic E-state index is 0.0988. The van der Waals surface area contributed by atoms with E-state index >= 15 is 0 Å². The van der Waals surface area contributed by atoms with Gasteiger partial charge in [0, 0.05) is 32.7 Å². The molecule has 88 valence electrons. The lowest BCUT2D eigenvalue weighted by Gasteiger charge is -2.33. The van der Waals surface area contributed by atoms with Crippen molar-refractivity contribution in [2.24, 2.45) is 5.73 Å². The van der Waals surface area contributed by atoms with Crippen molar-refractivity contribution in [2.45, 2.75) is 6.10 Å². The van der Waals surface area contributed by atoms with Gasteiger partial charge < -0.3 is 20.7 Å². The minimum Gasteiger partial charge on any atom is -0.373 e. The Bertz CT molecular complexity index is 346. The predicted octanol–water partition coefficient (Wildman–Crippen LogP) is -0.318. The summed E-state index contributed by atoms with van der Waals surface area (Å²) in [6.45, 7) is 2.87. The standard InChI is InChI=1S/C10H17N5O/c1-12-9-4-10(14-7-13-9)15-2-3-16-8(5-11)6-15/h4,7-8H,2-3,5-6,11H2,1H3,(H,12,13,14). The van der Waals surface area contributed by atoms with Gasteiger partial charge in [-0.25, -0.2) is 9.97 Å². The molecule has 1 aromatic heterocycles. The highest BCUT2D eigenvalue weighted by Gasteiger charge is 2.20. The van der Waals surface area contributed by atoms with Gasteiger partial charge in [0.05, 0.1) is 12.7 Å². The number of nitrogens with two attached hydrogens (primary N) is 1. The van der Waals surface area contributed by atoms with Gasteiger partial charge >= 0.3 is 0 Å². The second-order valence-corrected chi connectivity index (χ2v) is 3.69. The first-order valence-electron chi connectivity index (χ1n) is 5.40. The van der Waals surface area contributed by atoms with Crippen LogP contribution in [0.5, 0.6) is 0 Å². The molecule has 6 heteroatoms. The topological polar surface area (TPSA) is 76.3 Å². The molecular weight excluding hydrogens is 206 g/mol. The highest BCUT2D eigenvalue weighted by Crippen LogP contribution is 2.16. The highest BCUT2D eigenvalue weighted by molar-refractivity contribution is 5.48. The van der Waals surface area contributed by atoms with Crippen LogP contribution in [0, 0.1) is 0 Å². The molecule has 0 saturated carbocycles. The van der Waals surface area contributed by atoms with E-state index in [1.54, 1.807) is 6.33 Å². The molecule has 1 atom stereocenters. The molecule has 0 bridgehead atoms. The number of hydrogen-bond acceptors (Lipinski definition) is 6. The van der Waals surface area contributed by atoms with E-state index in [0.29, 0.717) is 13.2 Å². The molecule has 0 amide bonds. The van der Waals surface area contributed by atoms with Gasteiger partial charge in [0.15, 0.2) is 0 Å². The van der Waals surface area contributed by atoms with E-state index in [-0.39, 0.29) is 6.10 Å². The van der Waals surface area contributed by atoms with Crippen molar-refractivity contribution in [3.63, 3.8) is 0 Å². The summed E-state index contributed by atoms with van der Waals surface area (Å²) in [4.78, 5) is 10.5. The number of hydrogen-bond donors (Lipinski definition) is 2. The molecule has 1 saturated heterocycles. The zero-order chi connectivity index (χ0) is 11.4. The first-order valence-corrected chi connectivity index (χ1v) is 5.40. The largest absolute Gasteiger partial charge is 0.373 e. The van der Waals surface area contributed by atoms with Gasteiger partial charge in [0.25, 0.3) is 0 Å². The van der Waals surface area contributed by atoms with Crippen LogP contribution in [0.15, 0.2) is 12.4 Å². The van der Waals surface area contributed by atoms with E-state index in [0.717, 1.165) is 24.7 Å². The van der Waals surface area contributed by atoms with Crippen molar-refractivity contribution in [3.05, 3.63) is 12.4 Å². The maximum absolute atomic E-state index is 5.60. The lowest BCUT2D eigenvalue weighted by Crippen LogP contribution is -2.46. The molecule has 1 unspecified atom stereocenters. The fraction of sp³-hybridized carbons (Fsp3) is 0.600. The maximum atomic E-state index is 5.60. The third-order valence-corrected chi connectivity index (χ3v) is 2.63. The van der Waals surface area contributed by atoms with Crippen LogP contribution in [-0.4, -0.2) is 49.4 Å². The average Bonchev–Trinajstić information content (AvgIpc) is 2.39. The summed E-state index contributed by atoms with van der Waals surface area (Å²) in [6, 6.07) is 1.93. The molecule has 3 N–H and O–H groups in total. The molecule has 2 rings (SSSR count). The summed E-state index contributed by atoms with van der Waals surface area (Å²) >= 11 is 0. The monoisotopic (exact) mass is 223 g/mol. The van der Waals surface area contributed by atoms with E-state index in [9.17, 15) is 0 Å². The highest BCUT2D eigenvalue weighted by atomic mass is 16.5. The number of aromatic nitrogens is 2. The van der Waals surface area contributed by atoms with E-state index < -0.39 is 0 Å². The molecule has 0 aliphatic carbocycles. The summed E-state index contributed by atoms with van der Waals surface area (Å²) in [6.07, 6.45) is 1.66. The number of nitrogens with zero attached hydrogens (tertiary/aromatic N) is 3. The smallest absolute Gasteiger partial charge is 0.134 e. The van der Waals surface area contributed by atoms with Gasteiger partial charge in [-0.1, -0.05) is 0 Å². The van der Waals surface area contributed by atoms with Crippen molar-refractivity contribution in [3.8, 4) is 0 Å². The molecule has 2 heterocycles. The normalized spacial score (nSPS) is 20.9. The van der Waals surface area contributed by atoms with E-state index in [1.807, 2.05) is 13.1 Å². The van der Waals surface area contributed by atoms with Crippen LogP contribution in [0.2, 0.25) is 0 Å². The Kier molecular flexibility index (Phi) is 3.53. The van der Waals surface area contributed by atoms with Gasteiger partial charge in [0.2, 0.25) is 0 Å². The van der Waals surface area contributed by atoms with Gasteiger partial charge in [-0.15, -0.1) is 0 Å². The van der Waals surface area contributed by atoms with Crippen molar-refractivity contribution < 1.29 is 4.74 Å². The molecule has 6 nitrogen and oxygen atoms in total. The third-order valence-electron chi connectivity index (χ3n) is 2.63. The van der Waals surface area contributed by atoms with Crippen LogP contribution < -0.4 is 16.0 Å². The number of nitrogens with one attached hydrogen (secondary N) is 1. The number of morpholine rings is 1. The Balaban J connectivity index is 2.10. The SMILES string of the molecule is CNc1cc(N2CCOC(CN)C2)ncn1. The molecule has 16 heavy (non-hydrogen) atoms. The summed E-state index contributed by atoms with van der Waals surface area (Å²) < 4.78 is 5.51. The predicted molar refractivity (Wildman–Crippen MR) is 62.6 cm³/mol. The number of ether oxygens (including phenoxy) is 1. The molecule has 1 aromatic rings. The fourth-order valence-corrected chi connectivity index (χ4v) is 1.73. The maximum Gasteiger partial charge on any atom is 0.134 e. The zero-order valence-corrected chi connectivity index (χ0v) is 9.39. The van der Waals surface area contributed by atoms with Crippen molar-refractivity contribution in [1.29, 1.82) is 0 Å². The first-order chi connectivity index (χ1) is 7.83. The molecule has 1 aliphatic heterocycles. The van der Waals surface area contributed by atoms with Gasteiger partial charge in [0.1, 0.15) is 18.0 Å². The van der Waals surface area contributed by atoms with Crippen LogP contribution in [0.1, 0.15) is 0 Å². The Morgan fingerprint density at radius 2 is 2.50 bits per heavy atom. The molecule has 1 fully saturated rings. The van der Waals surface area contributed by atoms with Gasteiger partial charge in [-0.3, -0.25) is 0 Å². The average molecular weight is 223 g/mol. The van der Waals surface area contributed by atoms with Crippen molar-refractivity contribution >= 4 is 11.6 Å². The molecular formula is C10H17N5O. The molecule has 0 radical (unpaired) electrons. The van der Waals surface area contributed by atoms with Crippen LogP contribution in [-0.2, 0) is 4.74 Å². The summed E-state index contributed by atoms with van der Waals surface area (Å²) in [5, 5.41) is 3.00. The second-order valence-electron chi connectivity index (χ2n) is 3.69. The fourth-order valence-electron chi connectivity index (χ4n) is 1.73. The molecule has 1 aliphatic rings. The third kappa shape index (κ3) is 2.40. The lowest BCUT2D eigenvalue weighted by molar-refractivity contribution is 0.0463. The van der Waals surface area contributed by atoms with E-state index in [2.05, 4.69) is 20.2 Å². The number of rotatable bonds is 3. The summed E-state index contributed by atoms with van der Waals surface area (Å²) in [5.41, 5.74) is 5.60. The van der Waals surface area contributed by atoms with Crippen LogP contribution in [0.4, 0.5) is 11.6 Å². The van der Waals surface area contributed by atoms with Crippen molar-refractivity contribution in [1.82, 2.24) is 9.97 Å². The van der Waals surface area contributed by atoms with E-state index in [4.69, 9.17) is 10.5 Å².